The van der Waals surface area contributed by atoms with Crippen LogP contribution in [0.15, 0.2) is 24.3 Å². The fourth-order valence-electron chi connectivity index (χ4n) is 3.51. The molecule has 0 spiro atoms. The van der Waals surface area contributed by atoms with Crippen molar-refractivity contribution in [2.45, 2.75) is 44.6 Å². The van der Waals surface area contributed by atoms with E-state index in [1.165, 1.54) is 11.1 Å². The minimum Gasteiger partial charge on any atom is -0.464 e. The number of carbonyl (C=O) groups excluding carboxylic acids is 1. The van der Waals surface area contributed by atoms with E-state index in [-0.39, 0.29) is 17.9 Å². The molecule has 1 fully saturated rings. The first-order valence-electron chi connectivity index (χ1n) is 8.53. The summed E-state index contributed by atoms with van der Waals surface area (Å²) in [6.45, 7) is 0.928. The van der Waals surface area contributed by atoms with E-state index in [0.29, 0.717) is 18.3 Å². The molecule has 2 N–H and O–H groups in total. The highest BCUT2D eigenvalue weighted by atomic mass is 32.1. The number of hydrogen-bond donors (Lipinski definition) is 2. The van der Waals surface area contributed by atoms with Crippen LogP contribution in [-0.4, -0.2) is 24.2 Å². The lowest BCUT2D eigenvalue weighted by molar-refractivity contribution is -0.148. The van der Waals surface area contributed by atoms with Crippen molar-refractivity contribution < 1.29 is 9.53 Å². The van der Waals surface area contributed by atoms with Crippen molar-refractivity contribution in [1.82, 2.24) is 10.6 Å². The molecule has 4 nitrogen and oxygen atoms in total. The van der Waals surface area contributed by atoms with Gasteiger partial charge in [-0.1, -0.05) is 37.1 Å². The van der Waals surface area contributed by atoms with Crippen molar-refractivity contribution >= 4 is 23.3 Å². The largest absolute Gasteiger partial charge is 0.464 e. The van der Waals surface area contributed by atoms with Crippen LogP contribution in [-0.2, 0) is 16.0 Å². The van der Waals surface area contributed by atoms with Crippen molar-refractivity contribution in [2.24, 2.45) is 5.92 Å². The number of fused-ring (bicyclic) bond motifs is 1. The first kappa shape index (κ1) is 16.2. The van der Waals surface area contributed by atoms with Gasteiger partial charge in [-0.05, 0) is 49.0 Å². The third-order valence-electron chi connectivity index (χ3n) is 4.76. The number of carbonyl (C=O) groups is 1. The number of hydrogen-bond acceptors (Lipinski definition) is 3. The summed E-state index contributed by atoms with van der Waals surface area (Å²) in [5, 5.41) is 7.12. The zero-order chi connectivity index (χ0) is 16.1. The second-order valence-electron chi connectivity index (χ2n) is 6.34. The molecule has 0 saturated heterocycles. The molecule has 0 bridgehead atoms. The Bertz CT molecular complexity index is 570. The summed E-state index contributed by atoms with van der Waals surface area (Å²) in [6.07, 6.45) is 6.41. The van der Waals surface area contributed by atoms with Crippen LogP contribution in [0.3, 0.4) is 0 Å². The smallest absolute Gasteiger partial charge is 0.308 e. The molecule has 124 valence electrons. The number of aryl methyl sites for hydroxylation is 1. The highest BCUT2D eigenvalue weighted by Crippen LogP contribution is 2.30. The van der Waals surface area contributed by atoms with E-state index in [1.54, 1.807) is 0 Å². The summed E-state index contributed by atoms with van der Waals surface area (Å²) in [4.78, 5) is 11.8. The highest BCUT2D eigenvalue weighted by molar-refractivity contribution is 7.80. The van der Waals surface area contributed by atoms with Gasteiger partial charge >= 0.3 is 5.97 Å². The Hall–Kier alpha value is -1.62. The molecule has 0 amide bonds. The lowest BCUT2D eigenvalue weighted by atomic mass is 10.1. The van der Waals surface area contributed by atoms with E-state index in [0.717, 1.165) is 38.5 Å². The molecule has 2 aliphatic carbocycles. The number of benzene rings is 1. The third-order valence-corrected chi connectivity index (χ3v) is 5.02. The van der Waals surface area contributed by atoms with Crippen molar-refractivity contribution in [1.29, 1.82) is 0 Å². The second kappa shape index (κ2) is 7.77. The molecule has 5 heteroatoms. The Balaban J connectivity index is 1.35. The van der Waals surface area contributed by atoms with E-state index in [4.69, 9.17) is 17.0 Å². The maximum Gasteiger partial charge on any atom is 0.308 e. The van der Waals surface area contributed by atoms with Gasteiger partial charge in [0.1, 0.15) is 6.61 Å². The number of ether oxygens (including phenoxy) is 1. The number of rotatable bonds is 5. The van der Waals surface area contributed by atoms with Crippen LogP contribution in [0.2, 0.25) is 0 Å². The molecule has 1 aromatic rings. The number of thiocarbonyl (C=S) groups is 1. The van der Waals surface area contributed by atoms with Crippen LogP contribution in [0, 0.1) is 5.92 Å². The van der Waals surface area contributed by atoms with Gasteiger partial charge in [0.25, 0.3) is 0 Å². The van der Waals surface area contributed by atoms with Crippen molar-refractivity contribution in [3.63, 3.8) is 0 Å². The summed E-state index contributed by atoms with van der Waals surface area (Å²) < 4.78 is 5.31. The summed E-state index contributed by atoms with van der Waals surface area (Å²) >= 11 is 5.34. The normalized spacial score (nSPS) is 20.1. The van der Waals surface area contributed by atoms with Crippen molar-refractivity contribution in [2.75, 3.05) is 13.2 Å². The van der Waals surface area contributed by atoms with Gasteiger partial charge in [-0.15, -0.1) is 0 Å². The highest BCUT2D eigenvalue weighted by Gasteiger charge is 2.24. The zero-order valence-electron chi connectivity index (χ0n) is 13.3. The van der Waals surface area contributed by atoms with Crippen LogP contribution in [0.25, 0.3) is 0 Å². The summed E-state index contributed by atoms with van der Waals surface area (Å²) in [7, 11) is 0. The van der Waals surface area contributed by atoms with Crippen molar-refractivity contribution in [3.8, 4) is 0 Å². The Kier molecular flexibility index (Phi) is 5.49. The van der Waals surface area contributed by atoms with Crippen molar-refractivity contribution in [3.05, 3.63) is 35.4 Å². The maximum atomic E-state index is 11.8. The minimum atomic E-state index is -0.0482. The average molecular weight is 332 g/mol. The van der Waals surface area contributed by atoms with E-state index in [2.05, 4.69) is 34.9 Å². The summed E-state index contributed by atoms with van der Waals surface area (Å²) in [6, 6.07) is 8.77. The van der Waals surface area contributed by atoms with Crippen LogP contribution >= 0.6 is 12.2 Å². The standard InChI is InChI=1S/C18H24N2O2S/c21-17(14-6-1-2-7-14)22-12-11-19-18(23)20-16-10-9-13-5-3-4-8-15(13)16/h3-5,8,14,16H,1-2,6-7,9-12H2,(H2,19,20,23)/t16-/m0/s1. The van der Waals surface area contributed by atoms with Gasteiger partial charge in [-0.3, -0.25) is 4.79 Å². The predicted octanol–water partition coefficient (Wildman–Crippen LogP) is 2.87. The van der Waals surface area contributed by atoms with Gasteiger partial charge in [0, 0.05) is 0 Å². The van der Waals surface area contributed by atoms with Gasteiger partial charge in [0.2, 0.25) is 0 Å². The summed E-state index contributed by atoms with van der Waals surface area (Å²) in [5.41, 5.74) is 2.74. The molecule has 0 heterocycles. The molecule has 1 atom stereocenters. The second-order valence-corrected chi connectivity index (χ2v) is 6.75. The van der Waals surface area contributed by atoms with Gasteiger partial charge < -0.3 is 15.4 Å². The predicted molar refractivity (Wildman–Crippen MR) is 94.2 cm³/mol. The Labute approximate surface area is 143 Å². The van der Waals surface area contributed by atoms with Gasteiger partial charge in [0.05, 0.1) is 18.5 Å². The van der Waals surface area contributed by atoms with E-state index in [9.17, 15) is 4.79 Å². The minimum absolute atomic E-state index is 0.0482. The number of esters is 1. The topological polar surface area (TPSA) is 50.4 Å². The molecule has 3 rings (SSSR count). The van der Waals surface area contributed by atoms with Crippen LogP contribution in [0.4, 0.5) is 0 Å². The molecule has 0 aromatic heterocycles. The molecule has 0 aliphatic heterocycles. The molecule has 1 saturated carbocycles. The average Bonchev–Trinajstić information content (AvgIpc) is 3.22. The van der Waals surface area contributed by atoms with Gasteiger partial charge in [-0.25, -0.2) is 0 Å². The Morgan fingerprint density at radius 2 is 2.00 bits per heavy atom. The van der Waals surface area contributed by atoms with Crippen LogP contribution in [0.5, 0.6) is 0 Å². The maximum absolute atomic E-state index is 11.8. The van der Waals surface area contributed by atoms with E-state index >= 15 is 0 Å². The molecule has 0 unspecified atom stereocenters. The van der Waals surface area contributed by atoms with E-state index in [1.807, 2.05) is 0 Å². The molecular weight excluding hydrogens is 308 g/mol. The first-order valence-corrected chi connectivity index (χ1v) is 8.93. The van der Waals surface area contributed by atoms with E-state index < -0.39 is 0 Å². The quantitative estimate of drug-likeness (QED) is 0.493. The lowest BCUT2D eigenvalue weighted by Crippen LogP contribution is -2.39. The fourth-order valence-corrected chi connectivity index (χ4v) is 3.76. The molecule has 1 aromatic carbocycles. The third kappa shape index (κ3) is 4.22. The lowest BCUT2D eigenvalue weighted by Gasteiger charge is -2.17. The molecular formula is C18H24N2O2S. The zero-order valence-corrected chi connectivity index (χ0v) is 14.2. The molecule has 23 heavy (non-hydrogen) atoms. The number of nitrogens with one attached hydrogen (secondary N) is 2. The Morgan fingerprint density at radius 3 is 2.83 bits per heavy atom. The Morgan fingerprint density at radius 1 is 1.22 bits per heavy atom. The fraction of sp³-hybridized carbons (Fsp3) is 0.556. The van der Waals surface area contributed by atoms with Gasteiger partial charge in [0.15, 0.2) is 5.11 Å². The molecule has 2 aliphatic rings. The first-order chi connectivity index (χ1) is 11.2. The summed E-state index contributed by atoms with van der Waals surface area (Å²) in [5.74, 6) is 0.0722. The molecule has 0 radical (unpaired) electrons. The monoisotopic (exact) mass is 332 g/mol. The van der Waals surface area contributed by atoms with Crippen LogP contribution < -0.4 is 10.6 Å². The SMILES string of the molecule is O=C(OCCNC(=S)N[C@H]1CCc2ccccc21)C1CCCC1. The van der Waals surface area contributed by atoms with Crippen LogP contribution in [0.1, 0.15) is 49.3 Å². The van der Waals surface area contributed by atoms with Gasteiger partial charge in [-0.2, -0.15) is 0 Å².